The Morgan fingerprint density at radius 1 is 1.19 bits per heavy atom. The number of hydrogen-bond acceptors (Lipinski definition) is 2. The maximum Gasteiger partial charge on any atom is 0.131 e. The van der Waals surface area contributed by atoms with Crippen molar-refractivity contribution in [2.75, 3.05) is 6.54 Å². The van der Waals surface area contributed by atoms with E-state index in [1.807, 2.05) is 0 Å². The number of rotatable bonds is 5. The van der Waals surface area contributed by atoms with E-state index in [1.165, 1.54) is 50.7 Å². The van der Waals surface area contributed by atoms with Crippen LogP contribution >= 0.6 is 0 Å². The fourth-order valence-electron chi connectivity index (χ4n) is 3.16. The van der Waals surface area contributed by atoms with Gasteiger partial charge in [0, 0.05) is 24.2 Å². The summed E-state index contributed by atoms with van der Waals surface area (Å²) in [6.45, 7) is 2.42. The van der Waals surface area contributed by atoms with E-state index >= 15 is 0 Å². The average Bonchev–Trinajstić information content (AvgIpc) is 2.73. The second kappa shape index (κ2) is 7.85. The second-order valence-electron chi connectivity index (χ2n) is 6.13. The molecule has 4 heteroatoms. The van der Waals surface area contributed by atoms with Crippen LogP contribution in [0.15, 0.2) is 18.2 Å². The summed E-state index contributed by atoms with van der Waals surface area (Å²) in [6.07, 6.45) is 6.65. The molecule has 0 saturated heterocycles. The largest absolute Gasteiger partial charge is 0.387 e. The molecule has 118 valence electrons. The minimum absolute atomic E-state index is 0.150. The van der Waals surface area contributed by atoms with Gasteiger partial charge in [-0.1, -0.05) is 31.7 Å². The molecule has 2 rings (SSSR count). The van der Waals surface area contributed by atoms with Gasteiger partial charge in [-0.2, -0.15) is 0 Å². The van der Waals surface area contributed by atoms with Gasteiger partial charge in [-0.25, -0.2) is 8.78 Å². The van der Waals surface area contributed by atoms with Crippen LogP contribution in [0.4, 0.5) is 8.78 Å². The molecule has 1 aromatic rings. The highest BCUT2D eigenvalue weighted by Crippen LogP contribution is 2.26. The summed E-state index contributed by atoms with van der Waals surface area (Å²) < 4.78 is 26.5. The minimum atomic E-state index is -0.946. The molecule has 0 aliphatic heterocycles. The molecule has 2 atom stereocenters. The standard InChI is InChI=1S/C17H25F2NO/c1-12(13-6-4-2-3-5-7-13)20-11-17(21)15-9-8-14(18)10-16(15)19/h8-10,12-13,17,20-21H,2-7,11H2,1H3/t12-,17?/m0/s1. The molecule has 1 aliphatic rings. The van der Waals surface area contributed by atoms with Crippen molar-refractivity contribution in [3.05, 3.63) is 35.4 Å². The summed E-state index contributed by atoms with van der Waals surface area (Å²) in [6, 6.07) is 3.61. The molecule has 0 bridgehead atoms. The Balaban J connectivity index is 1.86. The van der Waals surface area contributed by atoms with Crippen molar-refractivity contribution < 1.29 is 13.9 Å². The van der Waals surface area contributed by atoms with E-state index in [9.17, 15) is 13.9 Å². The van der Waals surface area contributed by atoms with Crippen molar-refractivity contribution in [3.63, 3.8) is 0 Å². The predicted molar refractivity (Wildman–Crippen MR) is 80.0 cm³/mol. The molecule has 0 radical (unpaired) electrons. The summed E-state index contributed by atoms with van der Waals surface area (Å²) in [4.78, 5) is 0. The van der Waals surface area contributed by atoms with E-state index in [4.69, 9.17) is 0 Å². The first-order valence-corrected chi connectivity index (χ1v) is 7.94. The quantitative estimate of drug-likeness (QED) is 0.807. The predicted octanol–water partition coefficient (Wildman–Crippen LogP) is 3.95. The van der Waals surface area contributed by atoms with Crippen LogP contribution < -0.4 is 5.32 Å². The molecule has 21 heavy (non-hydrogen) atoms. The van der Waals surface area contributed by atoms with Gasteiger partial charge in [0.25, 0.3) is 0 Å². The Hall–Kier alpha value is -1.00. The third-order valence-electron chi connectivity index (χ3n) is 4.56. The molecule has 1 saturated carbocycles. The van der Waals surface area contributed by atoms with Crippen LogP contribution in [0.5, 0.6) is 0 Å². The Morgan fingerprint density at radius 2 is 1.86 bits per heavy atom. The summed E-state index contributed by atoms with van der Waals surface area (Å²) in [7, 11) is 0. The van der Waals surface area contributed by atoms with Gasteiger partial charge in [0.05, 0.1) is 6.10 Å². The topological polar surface area (TPSA) is 32.3 Å². The van der Waals surface area contributed by atoms with Gasteiger partial charge in [0.2, 0.25) is 0 Å². The number of halogens is 2. The van der Waals surface area contributed by atoms with Crippen LogP contribution in [0.3, 0.4) is 0 Å². The first kappa shape index (κ1) is 16.4. The van der Waals surface area contributed by atoms with E-state index in [0.717, 1.165) is 6.07 Å². The zero-order valence-electron chi connectivity index (χ0n) is 12.6. The van der Waals surface area contributed by atoms with Gasteiger partial charge in [-0.3, -0.25) is 0 Å². The highest BCUT2D eigenvalue weighted by molar-refractivity contribution is 5.21. The van der Waals surface area contributed by atoms with Gasteiger partial charge in [-0.05, 0) is 31.7 Å². The van der Waals surface area contributed by atoms with E-state index < -0.39 is 17.7 Å². The molecule has 2 N–H and O–H groups in total. The van der Waals surface area contributed by atoms with E-state index in [0.29, 0.717) is 18.5 Å². The molecule has 0 spiro atoms. The van der Waals surface area contributed by atoms with Crippen molar-refractivity contribution in [2.45, 2.75) is 57.6 Å². The molecular formula is C17H25F2NO. The highest BCUT2D eigenvalue weighted by atomic mass is 19.1. The second-order valence-corrected chi connectivity index (χ2v) is 6.13. The Morgan fingerprint density at radius 3 is 2.48 bits per heavy atom. The van der Waals surface area contributed by atoms with Crippen molar-refractivity contribution >= 4 is 0 Å². The van der Waals surface area contributed by atoms with Gasteiger partial charge >= 0.3 is 0 Å². The lowest BCUT2D eigenvalue weighted by molar-refractivity contribution is 0.159. The van der Waals surface area contributed by atoms with Crippen LogP contribution in [0, 0.1) is 17.6 Å². The molecule has 0 amide bonds. The molecule has 1 aromatic carbocycles. The Bertz CT molecular complexity index is 444. The van der Waals surface area contributed by atoms with Crippen LogP contribution in [0.25, 0.3) is 0 Å². The third kappa shape index (κ3) is 4.75. The highest BCUT2D eigenvalue weighted by Gasteiger charge is 2.20. The van der Waals surface area contributed by atoms with Gasteiger partial charge in [-0.15, -0.1) is 0 Å². The number of hydrogen-bond donors (Lipinski definition) is 2. The lowest BCUT2D eigenvalue weighted by Gasteiger charge is -2.25. The molecule has 1 fully saturated rings. The lowest BCUT2D eigenvalue weighted by Crippen LogP contribution is -2.36. The van der Waals surface area contributed by atoms with Crippen LogP contribution in [-0.4, -0.2) is 17.7 Å². The summed E-state index contributed by atoms with van der Waals surface area (Å²) >= 11 is 0. The minimum Gasteiger partial charge on any atom is -0.387 e. The molecule has 2 nitrogen and oxygen atoms in total. The Labute approximate surface area is 125 Å². The molecule has 0 heterocycles. The monoisotopic (exact) mass is 297 g/mol. The van der Waals surface area contributed by atoms with Crippen LogP contribution in [-0.2, 0) is 0 Å². The SMILES string of the molecule is C[C@H](NCC(O)c1ccc(F)cc1F)C1CCCCCC1. The van der Waals surface area contributed by atoms with Crippen LogP contribution in [0.1, 0.15) is 57.1 Å². The molecular weight excluding hydrogens is 272 g/mol. The number of nitrogens with one attached hydrogen (secondary N) is 1. The first-order chi connectivity index (χ1) is 10.1. The van der Waals surface area contributed by atoms with Gasteiger partial charge < -0.3 is 10.4 Å². The Kier molecular flexibility index (Phi) is 6.12. The van der Waals surface area contributed by atoms with Gasteiger partial charge in [0.1, 0.15) is 11.6 Å². The normalized spacial score (nSPS) is 20.0. The summed E-state index contributed by atoms with van der Waals surface area (Å²) in [5.41, 5.74) is 0.150. The van der Waals surface area contributed by atoms with E-state index in [-0.39, 0.29) is 5.56 Å². The summed E-state index contributed by atoms with van der Waals surface area (Å²) in [5, 5.41) is 13.4. The lowest BCUT2D eigenvalue weighted by atomic mass is 9.93. The zero-order valence-corrected chi connectivity index (χ0v) is 12.6. The average molecular weight is 297 g/mol. The number of benzene rings is 1. The van der Waals surface area contributed by atoms with Gasteiger partial charge in [0.15, 0.2) is 0 Å². The smallest absolute Gasteiger partial charge is 0.131 e. The number of aliphatic hydroxyl groups is 1. The van der Waals surface area contributed by atoms with E-state index in [2.05, 4.69) is 12.2 Å². The van der Waals surface area contributed by atoms with Crippen molar-refractivity contribution in [3.8, 4) is 0 Å². The third-order valence-corrected chi connectivity index (χ3v) is 4.56. The maximum atomic E-state index is 13.6. The van der Waals surface area contributed by atoms with E-state index in [1.54, 1.807) is 0 Å². The van der Waals surface area contributed by atoms with Crippen molar-refractivity contribution in [2.24, 2.45) is 5.92 Å². The van der Waals surface area contributed by atoms with Crippen LogP contribution in [0.2, 0.25) is 0 Å². The maximum absolute atomic E-state index is 13.6. The molecule has 1 unspecified atom stereocenters. The fourth-order valence-corrected chi connectivity index (χ4v) is 3.16. The molecule has 1 aliphatic carbocycles. The zero-order chi connectivity index (χ0) is 15.2. The number of aliphatic hydroxyl groups excluding tert-OH is 1. The fraction of sp³-hybridized carbons (Fsp3) is 0.647. The molecule has 0 aromatic heterocycles. The summed E-state index contributed by atoms with van der Waals surface area (Å²) in [5.74, 6) is -0.688. The first-order valence-electron chi connectivity index (χ1n) is 7.94. The van der Waals surface area contributed by atoms with Crippen molar-refractivity contribution in [1.82, 2.24) is 5.32 Å². The van der Waals surface area contributed by atoms with Crippen molar-refractivity contribution in [1.29, 1.82) is 0 Å².